The van der Waals surface area contributed by atoms with Crippen molar-refractivity contribution in [2.45, 2.75) is 46.6 Å². The Morgan fingerprint density at radius 1 is 1.12 bits per heavy atom. The van der Waals surface area contributed by atoms with Crippen molar-refractivity contribution in [2.75, 3.05) is 5.32 Å². The molecule has 0 radical (unpaired) electrons. The molecular formula is C25H26ClN5O2. The van der Waals surface area contributed by atoms with E-state index in [9.17, 15) is 9.59 Å². The van der Waals surface area contributed by atoms with Gasteiger partial charge in [0.15, 0.2) is 5.65 Å². The molecule has 0 aliphatic carbocycles. The highest BCUT2D eigenvalue weighted by atomic mass is 35.5. The minimum Gasteiger partial charge on any atom is -0.350 e. The van der Waals surface area contributed by atoms with Crippen molar-refractivity contribution in [1.29, 1.82) is 0 Å². The normalized spacial score (nSPS) is 11.3. The van der Waals surface area contributed by atoms with Crippen molar-refractivity contribution < 1.29 is 9.59 Å². The van der Waals surface area contributed by atoms with E-state index in [0.717, 1.165) is 33.5 Å². The van der Waals surface area contributed by atoms with E-state index in [2.05, 4.69) is 15.7 Å². The van der Waals surface area contributed by atoms with Gasteiger partial charge in [0, 0.05) is 34.8 Å². The number of aromatic nitrogens is 3. The summed E-state index contributed by atoms with van der Waals surface area (Å²) in [5, 5.41) is 11.7. The predicted octanol–water partition coefficient (Wildman–Crippen LogP) is 4.86. The monoisotopic (exact) mass is 463 g/mol. The highest BCUT2D eigenvalue weighted by Gasteiger charge is 2.16. The summed E-state index contributed by atoms with van der Waals surface area (Å²) in [6.07, 6.45) is 0.752. The molecule has 0 atom stereocenters. The van der Waals surface area contributed by atoms with Crippen molar-refractivity contribution in [1.82, 2.24) is 19.9 Å². The fourth-order valence-corrected chi connectivity index (χ4v) is 4.06. The Morgan fingerprint density at radius 2 is 1.88 bits per heavy atom. The summed E-state index contributed by atoms with van der Waals surface area (Å²) in [7, 11) is 0. The van der Waals surface area contributed by atoms with Gasteiger partial charge in [0.25, 0.3) is 5.91 Å². The van der Waals surface area contributed by atoms with E-state index in [1.165, 1.54) is 0 Å². The molecule has 0 bridgehead atoms. The first-order valence-corrected chi connectivity index (χ1v) is 11.3. The van der Waals surface area contributed by atoms with Gasteiger partial charge in [-0.15, -0.1) is 0 Å². The maximum Gasteiger partial charge on any atom is 0.251 e. The fourth-order valence-electron chi connectivity index (χ4n) is 3.90. The number of aryl methyl sites for hydroxylation is 2. The summed E-state index contributed by atoms with van der Waals surface area (Å²) in [5.74, 6) is -0.405. The van der Waals surface area contributed by atoms with Crippen LogP contribution in [0.15, 0.2) is 42.5 Å². The Morgan fingerprint density at radius 3 is 2.64 bits per heavy atom. The van der Waals surface area contributed by atoms with Crippen LogP contribution < -0.4 is 10.6 Å². The minimum atomic E-state index is -0.214. The van der Waals surface area contributed by atoms with Gasteiger partial charge in [-0.25, -0.2) is 9.50 Å². The quantitative estimate of drug-likeness (QED) is 0.427. The Labute approximate surface area is 197 Å². The summed E-state index contributed by atoms with van der Waals surface area (Å²) in [6, 6.07) is 12.8. The van der Waals surface area contributed by atoms with Gasteiger partial charge in [-0.1, -0.05) is 23.7 Å². The Hall–Kier alpha value is -3.45. The molecule has 0 aliphatic rings. The topological polar surface area (TPSA) is 88.4 Å². The van der Waals surface area contributed by atoms with Crippen LogP contribution in [-0.4, -0.2) is 32.5 Å². The Kier molecular flexibility index (Phi) is 6.33. The molecule has 0 aliphatic heterocycles. The fraction of sp³-hybridized carbons (Fsp3) is 0.280. The second-order valence-electron chi connectivity index (χ2n) is 8.38. The molecule has 4 aromatic rings. The first kappa shape index (κ1) is 22.7. The van der Waals surface area contributed by atoms with Crippen LogP contribution in [0.2, 0.25) is 5.02 Å². The highest BCUT2D eigenvalue weighted by Crippen LogP contribution is 2.25. The molecule has 33 heavy (non-hydrogen) atoms. The molecule has 170 valence electrons. The summed E-state index contributed by atoms with van der Waals surface area (Å²) in [4.78, 5) is 29.7. The molecule has 7 nitrogen and oxygen atoms in total. The molecule has 2 aromatic carbocycles. The number of hydrogen-bond acceptors (Lipinski definition) is 4. The number of carbonyl (C=O) groups is 2. The molecule has 2 amide bonds. The van der Waals surface area contributed by atoms with Gasteiger partial charge >= 0.3 is 0 Å². The van der Waals surface area contributed by atoms with Gasteiger partial charge in [0.1, 0.15) is 0 Å². The van der Waals surface area contributed by atoms with E-state index in [-0.39, 0.29) is 24.3 Å². The molecule has 2 N–H and O–H groups in total. The maximum atomic E-state index is 12.7. The lowest BCUT2D eigenvalue weighted by Gasteiger charge is -2.13. The second-order valence-corrected chi connectivity index (χ2v) is 8.79. The van der Waals surface area contributed by atoms with E-state index < -0.39 is 0 Å². The number of fused-ring (bicyclic) bond motifs is 3. The lowest BCUT2D eigenvalue weighted by molar-refractivity contribution is -0.116. The van der Waals surface area contributed by atoms with Crippen LogP contribution in [0.25, 0.3) is 16.6 Å². The van der Waals surface area contributed by atoms with Gasteiger partial charge in [0.05, 0.1) is 16.2 Å². The number of hydrogen-bond donors (Lipinski definition) is 2. The van der Waals surface area contributed by atoms with Gasteiger partial charge < -0.3 is 10.6 Å². The van der Waals surface area contributed by atoms with Crippen molar-refractivity contribution in [3.63, 3.8) is 0 Å². The zero-order valence-electron chi connectivity index (χ0n) is 19.1. The van der Waals surface area contributed by atoms with Crippen LogP contribution in [0, 0.1) is 13.8 Å². The van der Waals surface area contributed by atoms with Crippen LogP contribution in [0.4, 0.5) is 5.69 Å². The number of nitrogens with one attached hydrogen (secondary N) is 2. The van der Waals surface area contributed by atoms with E-state index in [4.69, 9.17) is 16.6 Å². The lowest BCUT2D eigenvalue weighted by Crippen LogP contribution is -2.30. The van der Waals surface area contributed by atoms with Crippen molar-refractivity contribution >= 4 is 45.7 Å². The third-order valence-corrected chi connectivity index (χ3v) is 5.87. The number of benzene rings is 2. The summed E-state index contributed by atoms with van der Waals surface area (Å²) < 4.78 is 1.85. The van der Waals surface area contributed by atoms with Gasteiger partial charge in [-0.2, -0.15) is 5.10 Å². The Balaban J connectivity index is 1.51. The molecule has 2 aromatic heterocycles. The van der Waals surface area contributed by atoms with E-state index in [0.29, 0.717) is 22.7 Å². The molecule has 0 saturated carbocycles. The average Bonchev–Trinajstić information content (AvgIpc) is 3.13. The minimum absolute atomic E-state index is 0.0102. The third kappa shape index (κ3) is 4.68. The van der Waals surface area contributed by atoms with Crippen LogP contribution in [0.1, 0.15) is 47.6 Å². The van der Waals surface area contributed by atoms with Crippen molar-refractivity contribution in [3.05, 3.63) is 70.0 Å². The first-order chi connectivity index (χ1) is 15.7. The largest absolute Gasteiger partial charge is 0.350 e. The lowest BCUT2D eigenvalue weighted by atomic mass is 10.1. The van der Waals surface area contributed by atoms with Crippen LogP contribution in [0.5, 0.6) is 0 Å². The van der Waals surface area contributed by atoms with Crippen LogP contribution >= 0.6 is 11.6 Å². The molecule has 0 unspecified atom stereocenters. The molecule has 4 rings (SSSR count). The number of amides is 2. The van der Waals surface area contributed by atoms with Crippen LogP contribution in [-0.2, 0) is 11.2 Å². The van der Waals surface area contributed by atoms with E-state index in [1.807, 2.05) is 56.5 Å². The molecule has 8 heteroatoms. The molecule has 0 spiro atoms. The van der Waals surface area contributed by atoms with Gasteiger partial charge in [-0.3, -0.25) is 9.59 Å². The van der Waals surface area contributed by atoms with E-state index in [1.54, 1.807) is 18.2 Å². The molecule has 0 saturated heterocycles. The predicted molar refractivity (Wildman–Crippen MR) is 131 cm³/mol. The zero-order valence-corrected chi connectivity index (χ0v) is 19.8. The summed E-state index contributed by atoms with van der Waals surface area (Å²) in [6.45, 7) is 7.72. The van der Waals surface area contributed by atoms with Gasteiger partial charge in [0.2, 0.25) is 5.91 Å². The van der Waals surface area contributed by atoms with Crippen molar-refractivity contribution in [2.24, 2.45) is 0 Å². The zero-order chi connectivity index (χ0) is 23.7. The van der Waals surface area contributed by atoms with Crippen molar-refractivity contribution in [3.8, 4) is 0 Å². The van der Waals surface area contributed by atoms with Gasteiger partial charge in [-0.05, 0) is 70.0 Å². The number of nitrogens with zero attached hydrogens (tertiary/aromatic N) is 3. The van der Waals surface area contributed by atoms with Crippen LogP contribution in [0.3, 0.4) is 0 Å². The smallest absolute Gasteiger partial charge is 0.251 e. The number of anilines is 1. The Bertz CT molecular complexity index is 1380. The first-order valence-electron chi connectivity index (χ1n) is 10.9. The second kappa shape index (κ2) is 9.19. The third-order valence-electron chi connectivity index (χ3n) is 5.54. The highest BCUT2D eigenvalue weighted by molar-refractivity contribution is 6.33. The molecule has 0 fully saturated rings. The average molecular weight is 464 g/mol. The summed E-state index contributed by atoms with van der Waals surface area (Å²) in [5.41, 5.74) is 5.39. The number of carbonyl (C=O) groups excluding carboxylic acids is 2. The molecular weight excluding hydrogens is 438 g/mol. The molecule has 2 heterocycles. The standard InChI is InChI=1S/C25H26ClN5O2/c1-14(2)27-25(33)17-9-11-20(26)22(13-17)29-23(32)12-10-18-15(3)28-24-19-7-5-6-8-21(19)30-31(24)16(18)4/h5-9,11,13-14H,10,12H2,1-4H3,(H,27,33)(H,29,32). The van der Waals surface area contributed by atoms with E-state index >= 15 is 0 Å². The number of rotatable bonds is 6. The maximum absolute atomic E-state index is 12.7. The number of halogens is 1. The SMILES string of the molecule is Cc1nc2c3ccccc3nn2c(C)c1CCC(=O)Nc1cc(C(=O)NC(C)C)ccc1Cl. The summed E-state index contributed by atoms with van der Waals surface area (Å²) >= 11 is 6.25.